The molecule has 4 rings (SSSR count). The van der Waals surface area contributed by atoms with Gasteiger partial charge < -0.3 is 4.74 Å². The number of ether oxygens (including phenoxy) is 1. The van der Waals surface area contributed by atoms with E-state index in [0.717, 1.165) is 10.8 Å². The smallest absolute Gasteiger partial charge is 0.314 e. The first-order valence-electron chi connectivity index (χ1n) is 9.40. The van der Waals surface area contributed by atoms with Crippen molar-refractivity contribution in [1.82, 2.24) is 4.31 Å². The second kappa shape index (κ2) is 8.14. The normalized spacial score (nSPS) is 16.0. The number of nitrogens with zero attached hydrogens (tertiary/aromatic N) is 1. The van der Waals surface area contributed by atoms with Gasteiger partial charge in [0, 0.05) is 18.1 Å². The Morgan fingerprint density at radius 3 is 2.38 bits per heavy atom. The van der Waals surface area contributed by atoms with Gasteiger partial charge in [-0.2, -0.15) is 4.31 Å². The summed E-state index contributed by atoms with van der Waals surface area (Å²) in [6.07, 6.45) is 0.846. The summed E-state index contributed by atoms with van der Waals surface area (Å²) in [5.41, 5.74) is 0. The molecule has 0 amide bonds. The van der Waals surface area contributed by atoms with E-state index in [-0.39, 0.29) is 29.9 Å². The third-order valence-corrected chi connectivity index (χ3v) is 7.29. The van der Waals surface area contributed by atoms with Gasteiger partial charge in [0.05, 0.1) is 10.8 Å². The number of piperidine rings is 1. The highest BCUT2D eigenvalue weighted by molar-refractivity contribution is 7.89. The lowest BCUT2D eigenvalue weighted by Gasteiger charge is -2.30. The molecule has 1 heterocycles. The van der Waals surface area contributed by atoms with E-state index in [1.54, 1.807) is 36.4 Å². The van der Waals surface area contributed by atoms with Gasteiger partial charge in [-0.1, -0.05) is 48.0 Å². The third-order valence-electron chi connectivity index (χ3n) is 5.16. The molecule has 1 saturated heterocycles. The molecule has 1 fully saturated rings. The molecule has 0 atom stereocenters. The average Bonchev–Trinajstić information content (AvgIpc) is 2.73. The number of carbonyl (C=O) groups excluding carboxylic acids is 1. The summed E-state index contributed by atoms with van der Waals surface area (Å²) < 4.78 is 32.9. The van der Waals surface area contributed by atoms with Crippen LogP contribution in [0.1, 0.15) is 12.8 Å². The molecule has 0 bridgehead atoms. The van der Waals surface area contributed by atoms with Gasteiger partial charge in [0.1, 0.15) is 5.75 Å². The number of hydrogen-bond acceptors (Lipinski definition) is 4. The van der Waals surface area contributed by atoms with Crippen LogP contribution in [0.2, 0.25) is 5.02 Å². The fourth-order valence-electron chi connectivity index (χ4n) is 3.54. The van der Waals surface area contributed by atoms with Crippen LogP contribution in [-0.4, -0.2) is 31.8 Å². The fourth-order valence-corrected chi connectivity index (χ4v) is 5.22. The van der Waals surface area contributed by atoms with Gasteiger partial charge in [0.15, 0.2) is 0 Å². The molecule has 1 aliphatic rings. The molecule has 0 spiro atoms. The van der Waals surface area contributed by atoms with Crippen molar-refractivity contribution < 1.29 is 17.9 Å². The maximum absolute atomic E-state index is 13.0. The van der Waals surface area contributed by atoms with Gasteiger partial charge in [0.2, 0.25) is 10.0 Å². The van der Waals surface area contributed by atoms with Crippen LogP contribution in [0.4, 0.5) is 0 Å². The summed E-state index contributed by atoms with van der Waals surface area (Å²) in [5.74, 6) is -0.291. The van der Waals surface area contributed by atoms with Gasteiger partial charge >= 0.3 is 5.97 Å². The van der Waals surface area contributed by atoms with Crippen molar-refractivity contribution in [1.29, 1.82) is 0 Å². The molecule has 7 heteroatoms. The summed E-state index contributed by atoms with van der Waals surface area (Å²) >= 11 is 5.91. The molecule has 0 N–H and O–H groups in total. The molecule has 0 unspecified atom stereocenters. The van der Waals surface area contributed by atoms with E-state index in [2.05, 4.69) is 0 Å². The number of halogens is 1. The van der Waals surface area contributed by atoms with E-state index in [0.29, 0.717) is 23.6 Å². The van der Waals surface area contributed by atoms with Crippen LogP contribution < -0.4 is 4.74 Å². The van der Waals surface area contributed by atoms with Gasteiger partial charge in [-0.15, -0.1) is 0 Å². The number of sulfonamides is 1. The largest absolute Gasteiger partial charge is 0.426 e. The molecule has 3 aromatic rings. The summed E-state index contributed by atoms with van der Waals surface area (Å²) in [6, 6.07) is 19.5. The number of esters is 1. The number of hydrogen-bond donors (Lipinski definition) is 0. The molecule has 0 aromatic heterocycles. The van der Waals surface area contributed by atoms with Crippen molar-refractivity contribution in [2.75, 3.05) is 13.1 Å². The van der Waals surface area contributed by atoms with Crippen LogP contribution in [0.5, 0.6) is 5.75 Å². The summed E-state index contributed by atoms with van der Waals surface area (Å²) in [4.78, 5) is 12.7. The topological polar surface area (TPSA) is 63.7 Å². The Balaban J connectivity index is 1.43. The van der Waals surface area contributed by atoms with E-state index in [4.69, 9.17) is 16.3 Å². The quantitative estimate of drug-likeness (QED) is 0.452. The standard InChI is InChI=1S/C22H20ClNO4S/c23-19-6-3-7-20(15-19)28-22(25)17-10-12-24(13-11-17)29(26,27)21-9-8-16-4-1-2-5-18(16)14-21/h1-9,14-15,17H,10-13H2. The predicted molar refractivity (Wildman–Crippen MR) is 113 cm³/mol. The van der Waals surface area contributed by atoms with Crippen molar-refractivity contribution >= 4 is 38.4 Å². The maximum Gasteiger partial charge on any atom is 0.314 e. The van der Waals surface area contributed by atoms with Crippen LogP contribution in [-0.2, 0) is 14.8 Å². The highest BCUT2D eigenvalue weighted by Crippen LogP contribution is 2.27. The molecule has 5 nitrogen and oxygen atoms in total. The minimum Gasteiger partial charge on any atom is -0.426 e. The summed E-state index contributed by atoms with van der Waals surface area (Å²) in [6.45, 7) is 0.564. The number of benzene rings is 3. The molecular formula is C22H20ClNO4S. The monoisotopic (exact) mass is 429 g/mol. The number of carbonyl (C=O) groups is 1. The zero-order chi connectivity index (χ0) is 20.4. The molecule has 1 aliphatic heterocycles. The Hall–Kier alpha value is -2.41. The summed E-state index contributed by atoms with van der Waals surface area (Å²) in [7, 11) is -3.60. The predicted octanol–water partition coefficient (Wildman–Crippen LogP) is 4.50. The van der Waals surface area contributed by atoms with Crippen LogP contribution in [0.25, 0.3) is 10.8 Å². The molecule has 0 aliphatic carbocycles. The molecule has 0 radical (unpaired) electrons. The maximum atomic E-state index is 13.0. The van der Waals surface area contributed by atoms with E-state index in [1.165, 1.54) is 4.31 Å². The Bertz CT molecular complexity index is 1150. The van der Waals surface area contributed by atoms with Crippen molar-refractivity contribution in [3.05, 3.63) is 71.8 Å². The van der Waals surface area contributed by atoms with Crippen molar-refractivity contribution in [2.45, 2.75) is 17.7 Å². The van der Waals surface area contributed by atoms with Crippen LogP contribution in [0, 0.1) is 5.92 Å². The first-order chi connectivity index (χ1) is 13.9. The lowest BCUT2D eigenvalue weighted by molar-refractivity contribution is -0.140. The second-order valence-corrected chi connectivity index (χ2v) is 9.44. The van der Waals surface area contributed by atoms with Gasteiger partial charge in [-0.25, -0.2) is 8.42 Å². The van der Waals surface area contributed by atoms with Crippen LogP contribution in [0.15, 0.2) is 71.6 Å². The van der Waals surface area contributed by atoms with Crippen molar-refractivity contribution in [3.8, 4) is 5.75 Å². The molecular weight excluding hydrogens is 410 g/mol. The van der Waals surface area contributed by atoms with E-state index in [1.807, 2.05) is 30.3 Å². The van der Waals surface area contributed by atoms with E-state index >= 15 is 0 Å². The Morgan fingerprint density at radius 1 is 0.931 bits per heavy atom. The van der Waals surface area contributed by atoms with Gasteiger partial charge in [-0.05, 0) is 53.9 Å². The third kappa shape index (κ3) is 4.29. The lowest BCUT2D eigenvalue weighted by Crippen LogP contribution is -2.41. The molecule has 29 heavy (non-hydrogen) atoms. The lowest BCUT2D eigenvalue weighted by atomic mass is 9.98. The highest BCUT2D eigenvalue weighted by Gasteiger charge is 2.33. The number of fused-ring (bicyclic) bond motifs is 1. The Labute approximate surface area is 174 Å². The summed E-state index contributed by atoms with van der Waals surface area (Å²) in [5, 5.41) is 2.37. The molecule has 3 aromatic carbocycles. The molecule has 150 valence electrons. The SMILES string of the molecule is O=C(Oc1cccc(Cl)c1)C1CCN(S(=O)(=O)c2ccc3ccccc3c2)CC1. The van der Waals surface area contributed by atoms with Crippen molar-refractivity contribution in [3.63, 3.8) is 0 Å². The van der Waals surface area contributed by atoms with E-state index in [9.17, 15) is 13.2 Å². The fraction of sp³-hybridized carbons (Fsp3) is 0.227. The minimum absolute atomic E-state index is 0.274. The zero-order valence-corrected chi connectivity index (χ0v) is 17.2. The Kier molecular flexibility index (Phi) is 5.58. The Morgan fingerprint density at radius 2 is 1.66 bits per heavy atom. The molecule has 0 saturated carbocycles. The van der Waals surface area contributed by atoms with Gasteiger partial charge in [-0.3, -0.25) is 4.79 Å². The van der Waals surface area contributed by atoms with Gasteiger partial charge in [0.25, 0.3) is 0 Å². The van der Waals surface area contributed by atoms with Crippen LogP contribution in [0.3, 0.4) is 0 Å². The van der Waals surface area contributed by atoms with Crippen LogP contribution >= 0.6 is 11.6 Å². The highest BCUT2D eigenvalue weighted by atomic mass is 35.5. The first kappa shape index (κ1) is 19.9. The average molecular weight is 430 g/mol. The number of rotatable bonds is 4. The minimum atomic E-state index is -3.60. The second-order valence-electron chi connectivity index (χ2n) is 7.07. The van der Waals surface area contributed by atoms with E-state index < -0.39 is 10.0 Å². The van der Waals surface area contributed by atoms with Crippen molar-refractivity contribution in [2.24, 2.45) is 5.92 Å². The zero-order valence-electron chi connectivity index (χ0n) is 15.6. The first-order valence-corrected chi connectivity index (χ1v) is 11.2.